The Hall–Kier alpha value is -11.2. The van der Waals surface area contributed by atoms with Crippen molar-refractivity contribution in [3.05, 3.63) is 266 Å². The number of halogens is 3. The molecule has 0 unspecified atom stereocenters. The average molecular weight is 1080 g/mol. The fraction of sp³-hybridized carbons (Fsp3) is 0.0143. The molecule has 394 valence electrons. The van der Waals surface area contributed by atoms with Crippen LogP contribution < -0.4 is 0 Å². The van der Waals surface area contributed by atoms with E-state index >= 15 is 0 Å². The van der Waals surface area contributed by atoms with Crippen molar-refractivity contribution in [3.63, 3.8) is 0 Å². The van der Waals surface area contributed by atoms with Gasteiger partial charge in [0.15, 0.2) is 52.4 Å². The molecular weight excluding hydrogens is 1040 g/mol. The Balaban J connectivity index is 1.03. The largest absolute Gasteiger partial charge is 0.416 e. The minimum Gasteiger partial charge on any atom is -0.309 e. The summed E-state index contributed by atoms with van der Waals surface area (Å²) in [6, 6.07) is 82.0. The van der Waals surface area contributed by atoms with Gasteiger partial charge in [0.25, 0.3) is 0 Å². The average Bonchev–Trinajstić information content (AvgIpc) is 3.70. The number of benzene rings is 10. The van der Waals surface area contributed by atoms with Gasteiger partial charge in [-0.25, -0.2) is 44.9 Å². The van der Waals surface area contributed by atoms with E-state index in [-0.39, 0.29) is 0 Å². The normalized spacial score (nSPS) is 11.6. The Morgan fingerprint density at radius 2 is 0.530 bits per heavy atom. The van der Waals surface area contributed by atoms with Crippen LogP contribution in [0.25, 0.3) is 141 Å². The molecule has 10 aromatic carbocycles. The Bertz CT molecular complexity index is 4330. The predicted molar refractivity (Wildman–Crippen MR) is 320 cm³/mol. The monoisotopic (exact) mass is 1080 g/mol. The van der Waals surface area contributed by atoms with E-state index in [9.17, 15) is 13.2 Å². The first-order chi connectivity index (χ1) is 40.7. The first kappa shape index (κ1) is 50.1. The van der Waals surface area contributed by atoms with Crippen LogP contribution in [0, 0.1) is 0 Å². The molecule has 0 spiro atoms. The summed E-state index contributed by atoms with van der Waals surface area (Å²) in [7, 11) is 0. The quantitative estimate of drug-likeness (QED) is 0.125. The summed E-state index contributed by atoms with van der Waals surface area (Å²) in [4.78, 5) is 45.5. The van der Waals surface area contributed by atoms with Crippen molar-refractivity contribution >= 4 is 21.8 Å². The highest BCUT2D eigenvalue weighted by Gasteiger charge is 2.30. The molecule has 0 fully saturated rings. The van der Waals surface area contributed by atoms with Crippen LogP contribution in [0.15, 0.2) is 261 Å². The van der Waals surface area contributed by atoms with Crippen LogP contribution in [-0.2, 0) is 6.18 Å². The van der Waals surface area contributed by atoms with Crippen molar-refractivity contribution in [3.8, 4) is 119 Å². The van der Waals surface area contributed by atoms with E-state index < -0.39 is 11.7 Å². The lowest BCUT2D eigenvalue weighted by molar-refractivity contribution is -0.137. The molecule has 14 aromatic rings. The highest BCUT2D eigenvalue weighted by Crippen LogP contribution is 2.41. The Morgan fingerprint density at radius 3 is 0.843 bits per heavy atom. The van der Waals surface area contributed by atoms with Crippen LogP contribution in [0.2, 0.25) is 0 Å². The lowest BCUT2D eigenvalue weighted by Gasteiger charge is -2.16. The molecule has 83 heavy (non-hydrogen) atoms. The summed E-state index contributed by atoms with van der Waals surface area (Å²) in [5.74, 6) is 4.20. The first-order valence-corrected chi connectivity index (χ1v) is 26.8. The minimum absolute atomic E-state index is 0.336. The molecular formula is C70H43F3N10. The van der Waals surface area contributed by atoms with Crippen LogP contribution in [0.4, 0.5) is 13.2 Å². The van der Waals surface area contributed by atoms with Gasteiger partial charge in [0, 0.05) is 66.5 Å². The molecule has 0 radical (unpaired) electrons. The maximum absolute atomic E-state index is 14.3. The molecule has 14 rings (SSSR count). The van der Waals surface area contributed by atoms with E-state index in [1.165, 1.54) is 12.1 Å². The highest BCUT2D eigenvalue weighted by molar-refractivity contribution is 6.11. The van der Waals surface area contributed by atoms with Gasteiger partial charge >= 0.3 is 6.18 Å². The molecule has 0 aliphatic heterocycles. The summed E-state index contributed by atoms with van der Waals surface area (Å²) >= 11 is 0. The molecule has 0 amide bonds. The maximum Gasteiger partial charge on any atom is 0.416 e. The maximum atomic E-state index is 14.3. The summed E-state index contributed by atoms with van der Waals surface area (Å²) in [6.07, 6.45) is -4.56. The second-order valence-corrected chi connectivity index (χ2v) is 19.7. The second kappa shape index (κ2) is 21.1. The number of hydrogen-bond acceptors (Lipinski definition) is 9. The first-order valence-electron chi connectivity index (χ1n) is 26.8. The van der Waals surface area contributed by atoms with Crippen LogP contribution in [0.1, 0.15) is 5.56 Å². The zero-order valence-electron chi connectivity index (χ0n) is 43.9. The van der Waals surface area contributed by atoms with Crippen molar-refractivity contribution in [1.82, 2.24) is 49.4 Å². The van der Waals surface area contributed by atoms with Crippen LogP contribution in [0.3, 0.4) is 0 Å². The van der Waals surface area contributed by atoms with Gasteiger partial charge in [-0.15, -0.1) is 0 Å². The van der Waals surface area contributed by atoms with Gasteiger partial charge in [0.1, 0.15) is 0 Å². The summed E-state index contributed by atoms with van der Waals surface area (Å²) in [5, 5.41) is 1.83. The molecule has 0 aliphatic rings. The van der Waals surface area contributed by atoms with Crippen molar-refractivity contribution in [2.45, 2.75) is 6.18 Å². The Kier molecular flexibility index (Phi) is 12.7. The van der Waals surface area contributed by atoms with Gasteiger partial charge in [-0.1, -0.05) is 218 Å². The third kappa shape index (κ3) is 9.93. The van der Waals surface area contributed by atoms with Crippen LogP contribution >= 0.6 is 0 Å². The van der Waals surface area contributed by atoms with E-state index in [1.807, 2.05) is 212 Å². The summed E-state index contributed by atoms with van der Waals surface area (Å²) < 4.78 is 45.1. The van der Waals surface area contributed by atoms with Gasteiger partial charge in [-0.05, 0) is 53.6 Å². The lowest BCUT2D eigenvalue weighted by Crippen LogP contribution is -2.04. The fourth-order valence-electron chi connectivity index (χ4n) is 10.3. The van der Waals surface area contributed by atoms with E-state index in [2.05, 4.69) is 28.8 Å². The molecule has 0 bridgehead atoms. The number of alkyl halides is 3. The van der Waals surface area contributed by atoms with E-state index in [0.29, 0.717) is 74.8 Å². The topological polar surface area (TPSA) is 121 Å². The molecule has 0 N–H and O–H groups in total. The van der Waals surface area contributed by atoms with Crippen molar-refractivity contribution in [2.75, 3.05) is 0 Å². The number of hydrogen-bond donors (Lipinski definition) is 0. The van der Waals surface area contributed by atoms with Crippen LogP contribution in [-0.4, -0.2) is 49.4 Å². The predicted octanol–water partition coefficient (Wildman–Crippen LogP) is 17.0. The fourth-order valence-corrected chi connectivity index (χ4v) is 10.3. The molecule has 0 aliphatic carbocycles. The van der Waals surface area contributed by atoms with Gasteiger partial charge in [0.2, 0.25) is 0 Å². The molecule has 0 saturated heterocycles. The summed E-state index contributed by atoms with van der Waals surface area (Å²) in [6.45, 7) is 0. The third-order valence-electron chi connectivity index (χ3n) is 14.4. The lowest BCUT2D eigenvalue weighted by atomic mass is 9.97. The number of fused-ring (bicyclic) bond motifs is 3. The number of rotatable bonds is 11. The molecule has 13 heteroatoms. The van der Waals surface area contributed by atoms with Crippen molar-refractivity contribution < 1.29 is 13.2 Å². The second-order valence-electron chi connectivity index (χ2n) is 19.7. The molecule has 0 atom stereocenters. The molecule has 4 heterocycles. The molecule has 10 nitrogen and oxygen atoms in total. The van der Waals surface area contributed by atoms with Gasteiger partial charge < -0.3 is 4.57 Å². The number of nitrogens with zero attached hydrogens (tertiary/aromatic N) is 10. The molecule has 4 aromatic heterocycles. The Morgan fingerprint density at radius 1 is 0.241 bits per heavy atom. The highest BCUT2D eigenvalue weighted by atomic mass is 19.4. The minimum atomic E-state index is -4.56. The van der Waals surface area contributed by atoms with Crippen molar-refractivity contribution in [1.29, 1.82) is 0 Å². The van der Waals surface area contributed by atoms with Gasteiger partial charge in [0.05, 0.1) is 16.6 Å². The molecule has 0 saturated carbocycles. The zero-order valence-corrected chi connectivity index (χ0v) is 43.9. The van der Waals surface area contributed by atoms with Crippen molar-refractivity contribution in [2.24, 2.45) is 0 Å². The van der Waals surface area contributed by atoms with Crippen LogP contribution in [0.5, 0.6) is 0 Å². The Labute approximate surface area is 474 Å². The number of aromatic nitrogens is 10. The van der Waals surface area contributed by atoms with E-state index in [0.717, 1.165) is 78.4 Å². The summed E-state index contributed by atoms with van der Waals surface area (Å²) in [5.41, 5.74) is 9.51. The van der Waals surface area contributed by atoms with Gasteiger partial charge in [-0.3, -0.25) is 0 Å². The van der Waals surface area contributed by atoms with E-state index in [1.54, 1.807) is 0 Å². The standard InChI is InChI=1S/C70H43F3N10/c71-70(72,73)53-35-31-44(32-36-53)58-43-54(37-40-57(58)69-81-65(49-27-15-5-16-28-49)76-66(82-69)50-29-17-6-18-30-50)83-59-41-51(67-77-61(45-19-7-1-8-20-45)74-62(78-67)46-21-9-2-10-22-46)33-38-55(59)56-39-34-52(42-60(56)83)68-79-63(47-23-11-3-12-24-47)75-64(80-68)48-25-13-4-14-26-48/h1-43H. The smallest absolute Gasteiger partial charge is 0.309 e. The van der Waals surface area contributed by atoms with E-state index in [4.69, 9.17) is 44.9 Å². The third-order valence-corrected chi connectivity index (χ3v) is 14.4. The SMILES string of the molecule is FC(F)(F)c1ccc(-c2cc(-n3c4cc(-c5nc(-c6ccccc6)nc(-c6ccccc6)n5)ccc4c4ccc(-c5nc(-c6ccccc6)nc(-c6ccccc6)n5)cc43)ccc2-c2nc(-c3ccccc3)nc(-c3ccccc3)n2)cc1. The zero-order chi connectivity index (χ0) is 55.9. The van der Waals surface area contributed by atoms with Gasteiger partial charge in [-0.2, -0.15) is 13.2 Å².